The molecule has 0 unspecified atom stereocenters. The van der Waals surface area contributed by atoms with Gasteiger partial charge in [-0.05, 0) is 172 Å². The molecular weight excluding hydrogens is 1110 g/mol. The third kappa shape index (κ3) is 9.11. The monoisotopic (exact) mass is 1180 g/mol. The summed E-state index contributed by atoms with van der Waals surface area (Å²) in [4.78, 5) is 5.39. The summed E-state index contributed by atoms with van der Waals surface area (Å²) in [5, 5.41) is 4.94. The summed E-state index contributed by atoms with van der Waals surface area (Å²) in [5.41, 5.74) is 30.4. The Labute approximate surface area is 541 Å². The van der Waals surface area contributed by atoms with Crippen molar-refractivity contribution < 1.29 is 0 Å². The number of para-hydroxylation sites is 4. The van der Waals surface area contributed by atoms with Crippen LogP contribution in [0.15, 0.2) is 279 Å². The number of hydrogen-bond donors (Lipinski definition) is 0. The average Bonchev–Trinajstić information content (AvgIpc) is 0.816. The zero-order chi connectivity index (χ0) is 62.7. The van der Waals surface area contributed by atoms with E-state index < -0.39 is 0 Å². The highest BCUT2D eigenvalue weighted by Gasteiger charge is 2.46. The minimum atomic E-state index is -0.191. The minimum absolute atomic E-state index is 0.160. The largest absolute Gasteiger partial charge is 0.310 e. The van der Waals surface area contributed by atoms with Crippen molar-refractivity contribution in [1.82, 2.24) is 9.13 Å². The number of benzene rings is 12. The first-order chi connectivity index (χ1) is 44.7. The van der Waals surface area contributed by atoms with E-state index in [1.54, 1.807) is 0 Å². The maximum Gasteiger partial charge on any atom is 0.252 e. The maximum atomic E-state index is 2.70. The molecule has 2 aromatic heterocycles. The molecule has 0 radical (unpaired) electrons. The smallest absolute Gasteiger partial charge is 0.252 e. The van der Waals surface area contributed by atoms with Gasteiger partial charge in [-0.1, -0.05) is 236 Å². The molecule has 4 nitrogen and oxygen atoms in total. The highest BCUT2D eigenvalue weighted by atomic mass is 15.2. The Morgan fingerprint density at radius 3 is 1.13 bits per heavy atom. The fourth-order valence-electron chi connectivity index (χ4n) is 15.0. The highest BCUT2D eigenvalue weighted by molar-refractivity contribution is 7.00. The van der Waals surface area contributed by atoms with Crippen LogP contribution in [-0.4, -0.2) is 15.8 Å². The van der Waals surface area contributed by atoms with E-state index in [0.717, 1.165) is 45.5 Å². The average molecular weight is 1190 g/mol. The summed E-state index contributed by atoms with van der Waals surface area (Å²) in [6, 6.07) is 98.8. The van der Waals surface area contributed by atoms with Gasteiger partial charge in [-0.25, -0.2) is 0 Å². The van der Waals surface area contributed by atoms with Gasteiger partial charge < -0.3 is 18.9 Å². The summed E-state index contributed by atoms with van der Waals surface area (Å²) in [5.74, 6) is 0. The van der Waals surface area contributed by atoms with Crippen molar-refractivity contribution in [2.75, 3.05) is 9.80 Å². The Morgan fingerprint density at radius 1 is 0.380 bits per heavy atom. The van der Waals surface area contributed by atoms with E-state index in [1.165, 1.54) is 121 Å². The van der Waals surface area contributed by atoms with Crippen molar-refractivity contribution in [3.63, 3.8) is 0 Å². The molecule has 2 aliphatic rings. The Balaban J connectivity index is 1.09. The second-order valence-electron chi connectivity index (χ2n) is 27.4. The summed E-state index contributed by atoms with van der Waals surface area (Å²) in [7, 11) is 0. The number of anilines is 6. The van der Waals surface area contributed by atoms with Gasteiger partial charge in [-0.3, -0.25) is 0 Å². The zero-order valence-electron chi connectivity index (χ0n) is 53.9. The van der Waals surface area contributed by atoms with Crippen LogP contribution in [0.4, 0.5) is 34.1 Å². The Morgan fingerprint density at radius 2 is 0.739 bits per heavy atom. The van der Waals surface area contributed by atoms with Gasteiger partial charge in [0.05, 0.1) is 33.4 Å². The standard InChI is InChI=1S/C87H73BN4/c1-10-11-29-57(3)69-50-61(86(4,5)6)51-70(58-30-15-12-16-31-58)84(69)91-79-54-63(89-75-40-25-21-36-65(75)66-37-22-26-41-76(66)89)44-46-73(79)88-74-47-45-64(90-77-42-27-23-38-67(77)68-39-24-28-43-78(68)90)55-80(74)92(82-49-56(2)48-81(91)83(82)88)85-71(59-32-17-13-18-33-59)52-62(87(7,8)9)53-72(85)60-34-19-14-20-35-60/h10-55H,1-9H3/b11-10-,57-29+. The molecule has 0 spiro atoms. The van der Waals surface area contributed by atoms with Gasteiger partial charge in [-0.15, -0.1) is 0 Å². The van der Waals surface area contributed by atoms with Crippen molar-refractivity contribution in [2.45, 2.75) is 73.1 Å². The first-order valence-corrected chi connectivity index (χ1v) is 32.6. The minimum Gasteiger partial charge on any atom is -0.310 e. The summed E-state index contributed by atoms with van der Waals surface area (Å²) in [6.45, 7) is 20.6. The third-order valence-electron chi connectivity index (χ3n) is 19.5. The van der Waals surface area contributed by atoms with E-state index in [2.05, 4.69) is 360 Å². The van der Waals surface area contributed by atoms with Gasteiger partial charge in [0.15, 0.2) is 0 Å². The molecular formula is C87H73BN4. The van der Waals surface area contributed by atoms with Crippen LogP contribution in [0.3, 0.4) is 0 Å². The molecule has 4 heterocycles. The topological polar surface area (TPSA) is 16.3 Å². The molecule has 0 amide bonds. The molecule has 0 saturated carbocycles. The lowest BCUT2D eigenvalue weighted by molar-refractivity contribution is 0.590. The number of fused-ring (bicyclic) bond motifs is 10. The number of aryl methyl sites for hydroxylation is 1. The van der Waals surface area contributed by atoms with Gasteiger partial charge in [-0.2, -0.15) is 0 Å². The van der Waals surface area contributed by atoms with E-state index in [-0.39, 0.29) is 17.5 Å². The lowest BCUT2D eigenvalue weighted by Gasteiger charge is -2.46. The molecule has 0 fully saturated rings. The van der Waals surface area contributed by atoms with Crippen LogP contribution in [0.2, 0.25) is 0 Å². The number of hydrogen-bond acceptors (Lipinski definition) is 2. The zero-order valence-corrected chi connectivity index (χ0v) is 53.9. The van der Waals surface area contributed by atoms with Gasteiger partial charge in [0.1, 0.15) is 0 Å². The number of rotatable bonds is 9. The first-order valence-electron chi connectivity index (χ1n) is 32.6. The van der Waals surface area contributed by atoms with E-state index in [4.69, 9.17) is 0 Å². The van der Waals surface area contributed by atoms with Gasteiger partial charge in [0.25, 0.3) is 6.71 Å². The predicted molar refractivity (Wildman–Crippen MR) is 396 cm³/mol. The molecule has 2 aliphatic heterocycles. The van der Waals surface area contributed by atoms with Crippen LogP contribution < -0.4 is 26.2 Å². The normalized spacial score (nSPS) is 13.2. The molecule has 92 heavy (non-hydrogen) atoms. The molecule has 0 saturated heterocycles. The molecule has 444 valence electrons. The van der Waals surface area contributed by atoms with Gasteiger partial charge >= 0.3 is 0 Å². The van der Waals surface area contributed by atoms with E-state index in [9.17, 15) is 0 Å². The van der Waals surface area contributed by atoms with Crippen LogP contribution >= 0.6 is 0 Å². The maximum absolute atomic E-state index is 2.70. The van der Waals surface area contributed by atoms with Gasteiger partial charge in [0, 0.05) is 77.9 Å². The third-order valence-corrected chi connectivity index (χ3v) is 19.5. The summed E-state index contributed by atoms with van der Waals surface area (Å²) in [6.07, 6.45) is 6.64. The fraction of sp³-hybridized carbons (Fsp3) is 0.126. The quantitative estimate of drug-likeness (QED) is 0.106. The second kappa shape index (κ2) is 21.8. The number of nitrogens with zero attached hydrogens (tertiary/aromatic N) is 4. The number of allylic oxidation sites excluding steroid dienone is 4. The van der Waals surface area contributed by atoms with Crippen LogP contribution in [0.5, 0.6) is 0 Å². The van der Waals surface area contributed by atoms with Crippen LogP contribution in [-0.2, 0) is 10.8 Å². The summed E-state index contributed by atoms with van der Waals surface area (Å²) >= 11 is 0. The van der Waals surface area contributed by atoms with Crippen molar-refractivity contribution in [3.05, 3.63) is 301 Å². The van der Waals surface area contributed by atoms with Crippen molar-refractivity contribution in [1.29, 1.82) is 0 Å². The molecule has 0 bridgehead atoms. The van der Waals surface area contributed by atoms with Crippen LogP contribution in [0.1, 0.15) is 77.6 Å². The summed E-state index contributed by atoms with van der Waals surface area (Å²) < 4.78 is 4.98. The molecule has 14 aromatic rings. The lowest BCUT2D eigenvalue weighted by atomic mass is 9.33. The lowest BCUT2D eigenvalue weighted by Crippen LogP contribution is -2.61. The van der Waals surface area contributed by atoms with Crippen LogP contribution in [0.25, 0.3) is 93.9 Å². The molecule has 12 aromatic carbocycles. The van der Waals surface area contributed by atoms with E-state index in [1.807, 2.05) is 0 Å². The Bertz CT molecular complexity index is 5170. The van der Waals surface area contributed by atoms with E-state index >= 15 is 0 Å². The fourth-order valence-corrected chi connectivity index (χ4v) is 15.0. The van der Waals surface area contributed by atoms with E-state index in [0.29, 0.717) is 0 Å². The van der Waals surface area contributed by atoms with Crippen molar-refractivity contribution in [2.24, 2.45) is 0 Å². The highest BCUT2D eigenvalue weighted by Crippen LogP contribution is 2.54. The van der Waals surface area contributed by atoms with Crippen LogP contribution in [0, 0.1) is 6.92 Å². The van der Waals surface area contributed by atoms with Crippen molar-refractivity contribution in [3.8, 4) is 44.8 Å². The molecule has 0 aliphatic carbocycles. The Kier molecular flexibility index (Phi) is 13.4. The SMILES string of the molecule is C/C=C\C=C(/C)c1cc(C(C)(C)C)cc(-c2ccccc2)c1N1c2cc(-n3c4ccccc4c4ccccc43)ccc2B2c3ccc(-n4c5ccccc5c5ccccc54)cc3N(c3c(-c4ccccc4)cc(C(C)(C)C)cc3-c3ccccc3)c3cc(C)cc1c32. The Hall–Kier alpha value is -10.6. The predicted octanol–water partition coefficient (Wildman–Crippen LogP) is 21.8. The molecule has 16 rings (SSSR count). The molecule has 0 N–H and O–H groups in total. The second-order valence-corrected chi connectivity index (χ2v) is 27.4. The van der Waals surface area contributed by atoms with Gasteiger partial charge in [0.2, 0.25) is 0 Å². The van der Waals surface area contributed by atoms with Crippen molar-refractivity contribution >= 4 is 106 Å². The number of aromatic nitrogens is 2. The molecule has 0 atom stereocenters. The first kappa shape index (κ1) is 56.6. The molecule has 5 heteroatoms.